The van der Waals surface area contributed by atoms with Crippen LogP contribution in [0.2, 0.25) is 0 Å². The Morgan fingerprint density at radius 2 is 2.16 bits per heavy atom. The summed E-state index contributed by atoms with van der Waals surface area (Å²) in [5.41, 5.74) is 0.0737. The van der Waals surface area contributed by atoms with Crippen LogP contribution in [0.25, 0.3) is 0 Å². The van der Waals surface area contributed by atoms with Crippen molar-refractivity contribution in [3.8, 4) is 5.75 Å². The van der Waals surface area contributed by atoms with Crippen molar-refractivity contribution < 1.29 is 19.1 Å². The Morgan fingerprint density at radius 1 is 1.42 bits per heavy atom. The number of ether oxygens (including phenoxy) is 1. The van der Waals surface area contributed by atoms with Gasteiger partial charge in [0.1, 0.15) is 11.3 Å². The molecule has 1 N–H and O–H groups in total. The van der Waals surface area contributed by atoms with Crippen LogP contribution in [0.5, 0.6) is 5.75 Å². The van der Waals surface area contributed by atoms with Crippen LogP contribution in [0.4, 0.5) is 0 Å². The van der Waals surface area contributed by atoms with Gasteiger partial charge in [0.25, 0.3) is 5.89 Å². The van der Waals surface area contributed by atoms with Crippen molar-refractivity contribution in [3.63, 3.8) is 0 Å². The highest BCUT2D eigenvalue weighted by Gasteiger charge is 2.15. The lowest BCUT2D eigenvalue weighted by Crippen LogP contribution is -2.04. The van der Waals surface area contributed by atoms with Crippen LogP contribution in [0.1, 0.15) is 29.1 Å². The topological polar surface area (TPSA) is 85.5 Å². The molecule has 0 aliphatic heterocycles. The van der Waals surface area contributed by atoms with Crippen molar-refractivity contribution >= 4 is 21.9 Å². The molecule has 0 amide bonds. The van der Waals surface area contributed by atoms with E-state index >= 15 is 0 Å². The van der Waals surface area contributed by atoms with Gasteiger partial charge in [-0.1, -0.05) is 13.0 Å². The molecule has 6 nitrogen and oxygen atoms in total. The van der Waals surface area contributed by atoms with Crippen molar-refractivity contribution in [3.05, 3.63) is 40.0 Å². The zero-order chi connectivity index (χ0) is 13.8. The lowest BCUT2D eigenvalue weighted by atomic mass is 10.2. The van der Waals surface area contributed by atoms with E-state index in [1.165, 1.54) is 6.07 Å². The summed E-state index contributed by atoms with van der Waals surface area (Å²) in [5, 5.41) is 16.7. The Kier molecular flexibility index (Phi) is 4.16. The molecule has 2 rings (SSSR count). The Balaban J connectivity index is 2.17. The van der Waals surface area contributed by atoms with E-state index < -0.39 is 5.97 Å². The van der Waals surface area contributed by atoms with Gasteiger partial charge in [-0.2, -0.15) is 0 Å². The first kappa shape index (κ1) is 13.5. The van der Waals surface area contributed by atoms with Crippen molar-refractivity contribution in [1.29, 1.82) is 0 Å². The minimum atomic E-state index is -1.06. The van der Waals surface area contributed by atoms with E-state index in [0.29, 0.717) is 22.7 Å². The number of benzene rings is 1. The number of aryl methyl sites for hydroxylation is 1. The molecule has 0 fully saturated rings. The number of hydrogen-bond donors (Lipinski definition) is 1. The molecule has 7 heteroatoms. The minimum Gasteiger partial charge on any atom is -0.482 e. The second-order valence-corrected chi connectivity index (χ2v) is 4.51. The number of rotatable bonds is 5. The third-order valence-corrected chi connectivity index (χ3v) is 2.97. The molecule has 0 aliphatic carbocycles. The maximum absolute atomic E-state index is 11.1. The SMILES string of the molecule is CCc1nnc(COc2c(Br)cccc2C(=O)O)o1. The molecule has 0 saturated carbocycles. The average Bonchev–Trinajstić information content (AvgIpc) is 2.85. The minimum absolute atomic E-state index is 0.0237. The van der Waals surface area contributed by atoms with Crippen LogP contribution in [0.15, 0.2) is 27.1 Å². The van der Waals surface area contributed by atoms with Gasteiger partial charge in [-0.05, 0) is 28.1 Å². The zero-order valence-electron chi connectivity index (χ0n) is 10.1. The van der Waals surface area contributed by atoms with Gasteiger partial charge in [0, 0.05) is 6.42 Å². The standard InChI is InChI=1S/C12H11BrN2O4/c1-2-9-14-15-10(19-9)6-18-11-7(12(16)17)4-3-5-8(11)13/h3-5H,2,6H2,1H3,(H,16,17). The molecule has 2 aromatic rings. The fraction of sp³-hybridized carbons (Fsp3) is 0.250. The number of hydrogen-bond acceptors (Lipinski definition) is 5. The summed E-state index contributed by atoms with van der Waals surface area (Å²) in [6.45, 7) is 1.92. The fourth-order valence-corrected chi connectivity index (χ4v) is 1.93. The van der Waals surface area contributed by atoms with Crippen molar-refractivity contribution in [2.24, 2.45) is 0 Å². The molecule has 100 valence electrons. The molecule has 0 unspecified atom stereocenters. The largest absolute Gasteiger partial charge is 0.482 e. The number of nitrogens with zero attached hydrogens (tertiary/aromatic N) is 2. The summed E-state index contributed by atoms with van der Waals surface area (Å²) in [6.07, 6.45) is 0.641. The number of carboxylic acids is 1. The summed E-state index contributed by atoms with van der Waals surface area (Å²) in [5.74, 6) is 0.00968. The normalized spacial score (nSPS) is 10.4. The second kappa shape index (κ2) is 5.83. The Morgan fingerprint density at radius 3 is 2.79 bits per heavy atom. The molecule has 0 atom stereocenters. The number of aromatic nitrogens is 2. The quantitative estimate of drug-likeness (QED) is 0.909. The zero-order valence-corrected chi connectivity index (χ0v) is 11.7. The average molecular weight is 327 g/mol. The third kappa shape index (κ3) is 3.11. The Labute approximate surface area is 117 Å². The van der Waals surface area contributed by atoms with E-state index in [1.54, 1.807) is 12.1 Å². The summed E-state index contributed by atoms with van der Waals surface area (Å²) in [4.78, 5) is 11.1. The first-order chi connectivity index (χ1) is 9.11. The number of carbonyl (C=O) groups is 1. The van der Waals surface area contributed by atoms with E-state index in [1.807, 2.05) is 6.92 Å². The molecule has 1 aromatic heterocycles. The maximum atomic E-state index is 11.1. The van der Waals surface area contributed by atoms with E-state index in [-0.39, 0.29) is 17.9 Å². The Bertz CT molecular complexity index is 597. The van der Waals surface area contributed by atoms with E-state index in [2.05, 4.69) is 26.1 Å². The molecule has 0 radical (unpaired) electrons. The van der Waals surface area contributed by atoms with Crippen LogP contribution in [0, 0.1) is 0 Å². The van der Waals surface area contributed by atoms with Gasteiger partial charge in [-0.25, -0.2) is 4.79 Å². The van der Waals surface area contributed by atoms with Gasteiger partial charge in [0.2, 0.25) is 5.89 Å². The first-order valence-electron chi connectivity index (χ1n) is 5.57. The molecule has 0 spiro atoms. The highest BCUT2D eigenvalue weighted by molar-refractivity contribution is 9.10. The van der Waals surface area contributed by atoms with Crippen molar-refractivity contribution in [2.45, 2.75) is 20.0 Å². The van der Waals surface area contributed by atoms with Gasteiger partial charge in [0.05, 0.1) is 4.47 Å². The van der Waals surface area contributed by atoms with Crippen LogP contribution < -0.4 is 4.74 Å². The Hall–Kier alpha value is -1.89. The van der Waals surface area contributed by atoms with Gasteiger partial charge in [-0.15, -0.1) is 10.2 Å². The number of halogens is 1. The monoisotopic (exact) mass is 326 g/mol. The molecule has 0 saturated heterocycles. The molecule has 0 aliphatic rings. The van der Waals surface area contributed by atoms with Gasteiger partial charge < -0.3 is 14.3 Å². The molecule has 1 heterocycles. The highest BCUT2D eigenvalue weighted by Crippen LogP contribution is 2.29. The summed E-state index contributed by atoms with van der Waals surface area (Å²) >= 11 is 3.25. The van der Waals surface area contributed by atoms with E-state index in [9.17, 15) is 4.79 Å². The van der Waals surface area contributed by atoms with Gasteiger partial charge >= 0.3 is 5.97 Å². The van der Waals surface area contributed by atoms with Gasteiger partial charge in [0.15, 0.2) is 6.61 Å². The van der Waals surface area contributed by atoms with Crippen LogP contribution in [0.3, 0.4) is 0 Å². The van der Waals surface area contributed by atoms with E-state index in [4.69, 9.17) is 14.3 Å². The van der Waals surface area contributed by atoms with Crippen molar-refractivity contribution in [2.75, 3.05) is 0 Å². The van der Waals surface area contributed by atoms with Crippen molar-refractivity contribution in [1.82, 2.24) is 10.2 Å². The fourth-order valence-electron chi connectivity index (χ4n) is 1.45. The molecule has 0 bridgehead atoms. The summed E-state index contributed by atoms with van der Waals surface area (Å²) in [7, 11) is 0. The molecule has 19 heavy (non-hydrogen) atoms. The first-order valence-corrected chi connectivity index (χ1v) is 6.37. The smallest absolute Gasteiger partial charge is 0.339 e. The molecular formula is C12H11BrN2O4. The molecule has 1 aromatic carbocycles. The maximum Gasteiger partial charge on any atom is 0.339 e. The van der Waals surface area contributed by atoms with Gasteiger partial charge in [-0.3, -0.25) is 0 Å². The predicted molar refractivity (Wildman–Crippen MR) is 69.1 cm³/mol. The highest BCUT2D eigenvalue weighted by atomic mass is 79.9. The summed E-state index contributed by atoms with van der Waals surface area (Å²) < 4.78 is 11.3. The number of para-hydroxylation sites is 1. The lowest BCUT2D eigenvalue weighted by Gasteiger charge is -2.08. The lowest BCUT2D eigenvalue weighted by molar-refractivity contribution is 0.0691. The van der Waals surface area contributed by atoms with E-state index in [0.717, 1.165) is 0 Å². The summed E-state index contributed by atoms with van der Waals surface area (Å²) in [6, 6.07) is 4.79. The molecular weight excluding hydrogens is 316 g/mol. The number of carboxylic acid groups (broad SMARTS) is 1. The van der Waals surface area contributed by atoms with Crippen LogP contribution in [-0.2, 0) is 13.0 Å². The van der Waals surface area contributed by atoms with Crippen LogP contribution in [-0.4, -0.2) is 21.3 Å². The number of aromatic carboxylic acids is 1. The third-order valence-electron chi connectivity index (χ3n) is 2.35. The second-order valence-electron chi connectivity index (χ2n) is 3.65. The predicted octanol–water partition coefficient (Wildman–Crippen LogP) is 2.67. The van der Waals surface area contributed by atoms with Crippen LogP contribution >= 0.6 is 15.9 Å².